The minimum atomic E-state index is -0.388. The number of H-pyrrole nitrogens is 1. The van der Waals surface area contributed by atoms with Gasteiger partial charge in [-0.3, -0.25) is 9.59 Å². The smallest absolute Gasteiger partial charge is 0.231 e. The van der Waals surface area contributed by atoms with Gasteiger partial charge in [0.2, 0.25) is 11.8 Å². The third-order valence-corrected chi connectivity index (χ3v) is 7.04. The molecule has 170 valence electrons. The van der Waals surface area contributed by atoms with Gasteiger partial charge in [0, 0.05) is 41.6 Å². The molecule has 0 aliphatic carbocycles. The monoisotopic (exact) mass is 482 g/mol. The van der Waals surface area contributed by atoms with Crippen molar-refractivity contribution < 1.29 is 14.3 Å². The molecule has 7 nitrogen and oxygen atoms in total. The van der Waals surface area contributed by atoms with Crippen LogP contribution in [-0.2, 0) is 16.0 Å². The lowest BCUT2D eigenvalue weighted by Crippen LogP contribution is -2.29. The van der Waals surface area contributed by atoms with E-state index in [1.54, 1.807) is 4.90 Å². The lowest BCUT2D eigenvalue weighted by Gasteiger charge is -2.16. The first-order chi connectivity index (χ1) is 16.0. The average molecular weight is 483 g/mol. The van der Waals surface area contributed by atoms with Gasteiger partial charge in [-0.25, -0.2) is 4.98 Å². The number of carbonyl (C=O) groups is 2. The first kappa shape index (κ1) is 21.7. The quantitative estimate of drug-likeness (QED) is 0.394. The van der Waals surface area contributed by atoms with Crippen LogP contribution in [0, 0.1) is 5.92 Å². The van der Waals surface area contributed by atoms with Crippen LogP contribution in [0.5, 0.6) is 5.75 Å². The second-order valence-electron chi connectivity index (χ2n) is 8.07. The standard InChI is InChI=1S/C24H23ClN4O3S/c1-2-32-17-4-6-20-21(11-17)33-24(27-20)28-23(31)15-9-22(30)29(13-15)8-7-14-12-26-19-5-3-16(25)10-18(14)19/h3-6,10-12,15,26H,2,7-9,13H2,1H3,(H,27,28,31). The molecule has 4 aromatic rings. The van der Waals surface area contributed by atoms with Crippen LogP contribution in [0.3, 0.4) is 0 Å². The van der Waals surface area contributed by atoms with E-state index >= 15 is 0 Å². The number of hydrogen-bond donors (Lipinski definition) is 2. The Morgan fingerprint density at radius 3 is 3.06 bits per heavy atom. The predicted molar refractivity (Wildman–Crippen MR) is 131 cm³/mol. The summed E-state index contributed by atoms with van der Waals surface area (Å²) >= 11 is 7.53. The Morgan fingerprint density at radius 1 is 1.33 bits per heavy atom. The summed E-state index contributed by atoms with van der Waals surface area (Å²) in [5.74, 6) is 0.217. The lowest BCUT2D eigenvalue weighted by molar-refractivity contribution is -0.128. The highest BCUT2D eigenvalue weighted by molar-refractivity contribution is 7.22. The SMILES string of the molecule is CCOc1ccc2nc(NC(=O)C3CC(=O)N(CCc4c[nH]c5ccc(Cl)cc45)C3)sc2c1. The maximum atomic E-state index is 12.8. The Kier molecular flexibility index (Phi) is 5.95. The predicted octanol–water partition coefficient (Wildman–Crippen LogP) is 4.86. The van der Waals surface area contributed by atoms with Gasteiger partial charge in [-0.05, 0) is 55.3 Å². The summed E-state index contributed by atoms with van der Waals surface area (Å²) in [5.41, 5.74) is 2.93. The van der Waals surface area contributed by atoms with Gasteiger partial charge in [-0.1, -0.05) is 22.9 Å². The lowest BCUT2D eigenvalue weighted by atomic mass is 10.1. The van der Waals surface area contributed by atoms with Crippen molar-refractivity contribution in [3.8, 4) is 5.75 Å². The number of halogens is 1. The third kappa shape index (κ3) is 4.54. The molecule has 0 spiro atoms. The van der Waals surface area contributed by atoms with E-state index in [1.165, 1.54) is 11.3 Å². The molecule has 1 aliphatic rings. The molecule has 1 atom stereocenters. The van der Waals surface area contributed by atoms with E-state index in [9.17, 15) is 9.59 Å². The number of amides is 2. The van der Waals surface area contributed by atoms with Gasteiger partial charge >= 0.3 is 0 Å². The van der Waals surface area contributed by atoms with Crippen molar-refractivity contribution >= 4 is 61.0 Å². The largest absolute Gasteiger partial charge is 0.494 e. The summed E-state index contributed by atoms with van der Waals surface area (Å²) in [6.07, 6.45) is 2.86. The fourth-order valence-corrected chi connectivity index (χ4v) is 5.27. The van der Waals surface area contributed by atoms with E-state index in [0.717, 1.165) is 32.4 Å². The zero-order valence-electron chi connectivity index (χ0n) is 18.1. The number of anilines is 1. The summed E-state index contributed by atoms with van der Waals surface area (Å²) in [5, 5.41) is 5.17. The zero-order valence-corrected chi connectivity index (χ0v) is 19.6. The molecule has 5 rings (SSSR count). The van der Waals surface area contributed by atoms with Crippen molar-refractivity contribution in [1.29, 1.82) is 0 Å². The molecule has 0 saturated carbocycles. The average Bonchev–Trinajstić information content (AvgIpc) is 3.48. The van der Waals surface area contributed by atoms with E-state index in [1.807, 2.05) is 49.5 Å². The molecule has 2 aromatic carbocycles. The van der Waals surface area contributed by atoms with Crippen LogP contribution in [0.2, 0.25) is 5.02 Å². The van der Waals surface area contributed by atoms with Gasteiger partial charge in [0.25, 0.3) is 0 Å². The number of nitrogens with one attached hydrogen (secondary N) is 2. The highest BCUT2D eigenvalue weighted by Gasteiger charge is 2.34. The summed E-state index contributed by atoms with van der Waals surface area (Å²) in [4.78, 5) is 34.9. The molecule has 2 aromatic heterocycles. The fraction of sp³-hybridized carbons (Fsp3) is 0.292. The Bertz CT molecular complexity index is 1350. The number of carbonyl (C=O) groups excluding carboxylic acids is 2. The van der Waals surface area contributed by atoms with Crippen LogP contribution in [-0.4, -0.2) is 46.4 Å². The number of benzene rings is 2. The van der Waals surface area contributed by atoms with Crippen molar-refractivity contribution in [3.05, 3.63) is 53.2 Å². The Labute approximate surface area is 199 Å². The first-order valence-corrected chi connectivity index (χ1v) is 12.1. The van der Waals surface area contributed by atoms with Crippen LogP contribution in [0.1, 0.15) is 18.9 Å². The number of fused-ring (bicyclic) bond motifs is 2. The second kappa shape index (κ2) is 9.03. The zero-order chi connectivity index (χ0) is 22.9. The van der Waals surface area contributed by atoms with E-state index < -0.39 is 0 Å². The normalized spacial score (nSPS) is 16.1. The number of ether oxygens (including phenoxy) is 1. The van der Waals surface area contributed by atoms with Crippen LogP contribution in [0.15, 0.2) is 42.6 Å². The number of thiazole rings is 1. The van der Waals surface area contributed by atoms with E-state index in [-0.39, 0.29) is 24.2 Å². The molecule has 0 radical (unpaired) electrons. The van der Waals surface area contributed by atoms with Crippen molar-refractivity contribution in [2.75, 3.05) is 25.0 Å². The highest BCUT2D eigenvalue weighted by atomic mass is 35.5. The summed E-state index contributed by atoms with van der Waals surface area (Å²) in [7, 11) is 0. The summed E-state index contributed by atoms with van der Waals surface area (Å²) in [6, 6.07) is 11.4. The molecular weight excluding hydrogens is 460 g/mol. The Hall–Kier alpha value is -3.10. The van der Waals surface area contributed by atoms with Crippen LogP contribution < -0.4 is 10.1 Å². The third-order valence-electron chi connectivity index (χ3n) is 5.87. The van der Waals surface area contributed by atoms with Crippen LogP contribution >= 0.6 is 22.9 Å². The number of likely N-dealkylation sites (tertiary alicyclic amines) is 1. The van der Waals surface area contributed by atoms with Gasteiger partial charge in [0.05, 0.1) is 22.7 Å². The van der Waals surface area contributed by atoms with Gasteiger partial charge < -0.3 is 19.9 Å². The van der Waals surface area contributed by atoms with Crippen molar-refractivity contribution in [2.24, 2.45) is 5.92 Å². The first-order valence-electron chi connectivity index (χ1n) is 10.9. The van der Waals surface area contributed by atoms with Crippen molar-refractivity contribution in [3.63, 3.8) is 0 Å². The number of rotatable bonds is 7. The molecule has 2 amide bonds. The second-order valence-corrected chi connectivity index (χ2v) is 9.53. The maximum absolute atomic E-state index is 12.8. The van der Waals surface area contributed by atoms with Gasteiger partial charge in [0.15, 0.2) is 5.13 Å². The van der Waals surface area contributed by atoms with Crippen molar-refractivity contribution in [1.82, 2.24) is 14.9 Å². The van der Waals surface area contributed by atoms with Gasteiger partial charge in [0.1, 0.15) is 5.75 Å². The molecule has 2 N–H and O–H groups in total. The minimum Gasteiger partial charge on any atom is -0.494 e. The molecular formula is C24H23ClN4O3S. The maximum Gasteiger partial charge on any atom is 0.231 e. The van der Waals surface area contributed by atoms with E-state index in [0.29, 0.717) is 36.3 Å². The molecule has 9 heteroatoms. The Morgan fingerprint density at radius 2 is 2.21 bits per heavy atom. The molecule has 1 saturated heterocycles. The van der Waals surface area contributed by atoms with Gasteiger partial charge in [-0.15, -0.1) is 0 Å². The Balaban J connectivity index is 1.21. The van der Waals surface area contributed by atoms with Crippen LogP contribution in [0.25, 0.3) is 21.1 Å². The molecule has 1 fully saturated rings. The van der Waals surface area contributed by atoms with Gasteiger partial charge in [-0.2, -0.15) is 0 Å². The molecule has 33 heavy (non-hydrogen) atoms. The van der Waals surface area contributed by atoms with E-state index in [2.05, 4.69) is 15.3 Å². The van der Waals surface area contributed by atoms with Crippen molar-refractivity contribution in [2.45, 2.75) is 19.8 Å². The molecule has 3 heterocycles. The molecule has 1 aliphatic heterocycles. The molecule has 1 unspecified atom stereocenters. The number of hydrogen-bond acceptors (Lipinski definition) is 5. The number of aromatic amines is 1. The van der Waals surface area contributed by atoms with E-state index in [4.69, 9.17) is 16.3 Å². The minimum absolute atomic E-state index is 0.00122. The fourth-order valence-electron chi connectivity index (χ4n) is 4.20. The molecule has 0 bridgehead atoms. The topological polar surface area (TPSA) is 87.3 Å². The summed E-state index contributed by atoms with van der Waals surface area (Å²) in [6.45, 7) is 3.50. The summed E-state index contributed by atoms with van der Waals surface area (Å²) < 4.78 is 6.47. The number of aromatic nitrogens is 2. The highest BCUT2D eigenvalue weighted by Crippen LogP contribution is 2.30. The number of nitrogens with zero attached hydrogens (tertiary/aromatic N) is 2. The van der Waals surface area contributed by atoms with Crippen LogP contribution in [0.4, 0.5) is 5.13 Å².